The number of amides is 1. The zero-order chi connectivity index (χ0) is 22.2. The summed E-state index contributed by atoms with van der Waals surface area (Å²) in [5, 5.41) is 2.96. The van der Waals surface area contributed by atoms with E-state index in [2.05, 4.69) is 5.32 Å². The van der Waals surface area contributed by atoms with E-state index in [9.17, 15) is 4.79 Å². The number of carbonyl (C=O) groups is 1. The molecule has 0 spiro atoms. The highest BCUT2D eigenvalue weighted by atomic mass is 35.5. The Kier molecular flexibility index (Phi) is 14.4. The van der Waals surface area contributed by atoms with Gasteiger partial charge >= 0.3 is 0 Å². The van der Waals surface area contributed by atoms with Crippen LogP contribution < -0.4 is 14.8 Å². The lowest BCUT2D eigenvalue weighted by atomic mass is 9.93. The standard InChI is InChI=1S/C23H38ClNO5/c1-5-20(19-16-18(2)22(28-4)21(17-19)27-3)23(26)25-11-13-30-15-14-29-12-9-7-6-8-10-24/h16-17,20H,5-15H2,1-4H3,(H,25,26)/t20-/m0/s1. The van der Waals surface area contributed by atoms with Crippen molar-refractivity contribution in [3.8, 4) is 11.5 Å². The minimum absolute atomic E-state index is 0.0130. The number of aryl methyl sites for hydroxylation is 1. The van der Waals surface area contributed by atoms with Gasteiger partial charge in [-0.3, -0.25) is 4.79 Å². The van der Waals surface area contributed by atoms with Gasteiger partial charge in [0, 0.05) is 19.0 Å². The third kappa shape index (κ3) is 9.54. The van der Waals surface area contributed by atoms with Crippen LogP contribution in [-0.4, -0.2) is 59.0 Å². The number of hydrogen-bond donors (Lipinski definition) is 1. The Balaban J connectivity index is 2.29. The highest BCUT2D eigenvalue weighted by molar-refractivity contribution is 6.17. The van der Waals surface area contributed by atoms with E-state index in [1.165, 1.54) is 0 Å². The van der Waals surface area contributed by atoms with Crippen LogP contribution in [0.5, 0.6) is 11.5 Å². The molecule has 0 radical (unpaired) electrons. The first-order valence-corrected chi connectivity index (χ1v) is 11.3. The molecule has 0 aromatic heterocycles. The average Bonchev–Trinajstić information content (AvgIpc) is 2.74. The van der Waals surface area contributed by atoms with Crippen molar-refractivity contribution in [2.24, 2.45) is 0 Å². The summed E-state index contributed by atoms with van der Waals surface area (Å²) >= 11 is 5.65. The van der Waals surface area contributed by atoms with Crippen molar-refractivity contribution in [2.45, 2.75) is 51.9 Å². The van der Waals surface area contributed by atoms with Crippen LogP contribution in [0.25, 0.3) is 0 Å². The van der Waals surface area contributed by atoms with Crippen molar-refractivity contribution in [3.05, 3.63) is 23.3 Å². The van der Waals surface area contributed by atoms with Crippen molar-refractivity contribution in [1.82, 2.24) is 5.32 Å². The fourth-order valence-electron chi connectivity index (χ4n) is 3.30. The van der Waals surface area contributed by atoms with E-state index in [0.717, 1.165) is 49.3 Å². The number of methoxy groups -OCH3 is 2. The molecule has 0 bridgehead atoms. The van der Waals surface area contributed by atoms with Crippen LogP contribution in [-0.2, 0) is 14.3 Å². The molecule has 1 rings (SSSR count). The molecule has 6 nitrogen and oxygen atoms in total. The number of benzene rings is 1. The smallest absolute Gasteiger partial charge is 0.227 e. The quantitative estimate of drug-likeness (QED) is 0.284. The number of halogens is 1. The molecule has 1 amide bonds. The number of ether oxygens (including phenoxy) is 4. The van der Waals surface area contributed by atoms with Crippen LogP contribution in [0, 0.1) is 6.92 Å². The van der Waals surface area contributed by atoms with E-state index in [0.29, 0.717) is 44.3 Å². The van der Waals surface area contributed by atoms with E-state index in [1.54, 1.807) is 14.2 Å². The predicted octanol–water partition coefficient (Wildman–Crippen LogP) is 4.45. The van der Waals surface area contributed by atoms with E-state index < -0.39 is 0 Å². The van der Waals surface area contributed by atoms with Crippen LogP contribution in [0.2, 0.25) is 0 Å². The Morgan fingerprint density at radius 2 is 1.70 bits per heavy atom. The second kappa shape index (κ2) is 16.2. The second-order valence-corrected chi connectivity index (χ2v) is 7.53. The summed E-state index contributed by atoms with van der Waals surface area (Å²) in [5.74, 6) is 1.81. The molecule has 0 unspecified atom stereocenters. The van der Waals surface area contributed by atoms with Gasteiger partial charge in [-0.2, -0.15) is 0 Å². The number of nitrogens with one attached hydrogen (secondary N) is 1. The fraction of sp³-hybridized carbons (Fsp3) is 0.696. The number of unbranched alkanes of at least 4 members (excludes halogenated alkanes) is 3. The van der Waals surface area contributed by atoms with Crippen LogP contribution in [0.4, 0.5) is 0 Å². The SMILES string of the molecule is CC[C@H](C(=O)NCCOCCOCCCCCCCl)c1cc(C)c(OC)c(OC)c1. The minimum atomic E-state index is -0.245. The van der Waals surface area contributed by atoms with Crippen LogP contribution in [0.15, 0.2) is 12.1 Å². The molecule has 1 atom stereocenters. The van der Waals surface area contributed by atoms with Crippen LogP contribution in [0.3, 0.4) is 0 Å². The zero-order valence-electron chi connectivity index (χ0n) is 18.9. The highest BCUT2D eigenvalue weighted by Crippen LogP contribution is 2.35. The van der Waals surface area contributed by atoms with Crippen molar-refractivity contribution in [2.75, 3.05) is 53.1 Å². The molecule has 7 heteroatoms. The van der Waals surface area contributed by atoms with Crippen LogP contribution in [0.1, 0.15) is 56.1 Å². The van der Waals surface area contributed by atoms with Crippen molar-refractivity contribution in [1.29, 1.82) is 0 Å². The van der Waals surface area contributed by atoms with E-state index in [4.69, 9.17) is 30.5 Å². The molecular weight excluding hydrogens is 406 g/mol. The van der Waals surface area contributed by atoms with Gasteiger partial charge in [-0.1, -0.05) is 25.8 Å². The van der Waals surface area contributed by atoms with Crippen LogP contribution >= 0.6 is 11.6 Å². The number of hydrogen-bond acceptors (Lipinski definition) is 5. The van der Waals surface area contributed by atoms with Gasteiger partial charge < -0.3 is 24.3 Å². The Hall–Kier alpha value is -1.50. The van der Waals surface area contributed by atoms with Gasteiger partial charge in [-0.05, 0) is 43.4 Å². The molecule has 0 saturated heterocycles. The summed E-state index contributed by atoms with van der Waals surface area (Å²) < 4.78 is 21.9. The van der Waals surface area contributed by atoms with Gasteiger partial charge in [0.2, 0.25) is 5.91 Å². The average molecular weight is 444 g/mol. The topological polar surface area (TPSA) is 66.0 Å². The Bertz CT molecular complexity index is 612. The second-order valence-electron chi connectivity index (χ2n) is 7.15. The maximum absolute atomic E-state index is 12.7. The third-order valence-corrected chi connectivity index (χ3v) is 5.17. The Labute approximate surface area is 186 Å². The van der Waals surface area contributed by atoms with Gasteiger partial charge in [-0.25, -0.2) is 0 Å². The lowest BCUT2D eigenvalue weighted by molar-refractivity contribution is -0.122. The van der Waals surface area contributed by atoms with E-state index >= 15 is 0 Å². The van der Waals surface area contributed by atoms with Crippen molar-refractivity contribution in [3.63, 3.8) is 0 Å². The van der Waals surface area contributed by atoms with Gasteiger partial charge in [0.1, 0.15) is 0 Å². The van der Waals surface area contributed by atoms with Gasteiger partial charge in [0.25, 0.3) is 0 Å². The maximum atomic E-state index is 12.7. The van der Waals surface area contributed by atoms with Crippen molar-refractivity contribution >= 4 is 17.5 Å². The minimum Gasteiger partial charge on any atom is -0.493 e. The molecule has 1 aromatic carbocycles. The summed E-state index contributed by atoms with van der Waals surface area (Å²) in [5.41, 5.74) is 1.87. The third-order valence-electron chi connectivity index (χ3n) is 4.90. The maximum Gasteiger partial charge on any atom is 0.227 e. The molecule has 0 aliphatic carbocycles. The molecule has 1 aromatic rings. The van der Waals surface area contributed by atoms with E-state index in [1.807, 2.05) is 26.0 Å². The molecule has 1 N–H and O–H groups in total. The van der Waals surface area contributed by atoms with Crippen molar-refractivity contribution < 1.29 is 23.7 Å². The molecule has 0 heterocycles. The lowest BCUT2D eigenvalue weighted by Gasteiger charge is -2.19. The zero-order valence-corrected chi connectivity index (χ0v) is 19.7. The first-order chi connectivity index (χ1) is 14.6. The monoisotopic (exact) mass is 443 g/mol. The number of carbonyl (C=O) groups excluding carboxylic acids is 1. The normalized spacial score (nSPS) is 11.9. The molecular formula is C23H38ClNO5. The summed E-state index contributed by atoms with van der Waals surface area (Å²) in [6.07, 6.45) is 5.13. The summed E-state index contributed by atoms with van der Waals surface area (Å²) in [6.45, 7) is 6.75. The van der Waals surface area contributed by atoms with Gasteiger partial charge in [0.15, 0.2) is 11.5 Å². The molecule has 0 saturated carbocycles. The largest absolute Gasteiger partial charge is 0.493 e. The number of rotatable bonds is 17. The summed E-state index contributed by atoms with van der Waals surface area (Å²) in [6, 6.07) is 3.86. The van der Waals surface area contributed by atoms with E-state index in [-0.39, 0.29) is 11.8 Å². The lowest BCUT2D eigenvalue weighted by Crippen LogP contribution is -2.32. The Morgan fingerprint density at radius 3 is 2.33 bits per heavy atom. The molecule has 0 fully saturated rings. The van der Waals surface area contributed by atoms with Gasteiger partial charge in [0.05, 0.1) is 40.0 Å². The molecule has 0 aliphatic rings. The van der Waals surface area contributed by atoms with Gasteiger partial charge in [-0.15, -0.1) is 11.6 Å². The molecule has 172 valence electrons. The first-order valence-electron chi connectivity index (χ1n) is 10.8. The molecule has 0 aliphatic heterocycles. The highest BCUT2D eigenvalue weighted by Gasteiger charge is 2.21. The summed E-state index contributed by atoms with van der Waals surface area (Å²) in [7, 11) is 3.22. The molecule has 30 heavy (non-hydrogen) atoms. The number of alkyl halides is 1. The predicted molar refractivity (Wildman–Crippen MR) is 121 cm³/mol. The Morgan fingerprint density at radius 1 is 1.00 bits per heavy atom. The first kappa shape index (κ1) is 26.5. The fourth-order valence-corrected chi connectivity index (χ4v) is 3.49. The summed E-state index contributed by atoms with van der Waals surface area (Å²) in [4.78, 5) is 12.7.